The molecule has 0 fully saturated rings. The number of hydrogen-bond acceptors (Lipinski definition) is 4. The highest BCUT2D eigenvalue weighted by Gasteiger charge is 2.08. The average molecular weight is 298 g/mol. The zero-order valence-corrected chi connectivity index (χ0v) is 14.1. The average Bonchev–Trinajstić information content (AvgIpc) is 2.49. The minimum absolute atomic E-state index is 0.839. The maximum atomic E-state index is 4.58. The van der Waals surface area contributed by atoms with E-state index in [1.807, 2.05) is 12.3 Å². The smallest absolute Gasteiger partial charge is 0.128 e. The summed E-state index contributed by atoms with van der Waals surface area (Å²) in [5, 5.41) is 0. The Morgan fingerprint density at radius 3 is 2.23 bits per heavy atom. The molecule has 4 heteroatoms. The van der Waals surface area contributed by atoms with E-state index >= 15 is 0 Å². The summed E-state index contributed by atoms with van der Waals surface area (Å²) in [7, 11) is 6.35. The summed E-state index contributed by atoms with van der Waals surface area (Å²) >= 11 is 0. The van der Waals surface area contributed by atoms with Gasteiger partial charge in [-0.15, -0.1) is 0 Å². The number of aryl methyl sites for hydroxylation is 1. The molecule has 0 aliphatic heterocycles. The summed E-state index contributed by atoms with van der Waals surface area (Å²) in [5.74, 6) is 0.916. The molecule has 1 heterocycles. The molecule has 0 amide bonds. The van der Waals surface area contributed by atoms with Gasteiger partial charge in [0.2, 0.25) is 0 Å². The normalized spacial score (nSPS) is 11.4. The van der Waals surface area contributed by atoms with E-state index in [1.165, 1.54) is 11.1 Å². The minimum atomic E-state index is 0.839. The summed E-state index contributed by atoms with van der Waals surface area (Å²) in [6, 6.07) is 10.7. The molecule has 2 rings (SSSR count). The van der Waals surface area contributed by atoms with Crippen molar-refractivity contribution >= 4 is 0 Å². The molecule has 0 spiro atoms. The number of benzene rings is 1. The number of hydrogen-bond donors (Lipinski definition) is 0. The lowest BCUT2D eigenvalue weighted by atomic mass is 10.1. The number of rotatable bonds is 7. The van der Waals surface area contributed by atoms with Crippen LogP contribution in [0.15, 0.2) is 36.5 Å². The summed E-state index contributed by atoms with van der Waals surface area (Å²) in [6.07, 6.45) is 2.73. The van der Waals surface area contributed by atoms with Crippen LogP contribution < -0.4 is 0 Å². The summed E-state index contributed by atoms with van der Waals surface area (Å²) in [5.41, 5.74) is 3.85. The first kappa shape index (κ1) is 16.6. The molecule has 0 unspecified atom stereocenters. The predicted octanol–water partition coefficient (Wildman–Crippen LogP) is 2.73. The van der Waals surface area contributed by atoms with E-state index in [0.717, 1.165) is 37.6 Å². The molecule has 0 radical (unpaired) electrons. The highest BCUT2D eigenvalue weighted by molar-refractivity contribution is 5.27. The van der Waals surface area contributed by atoms with Gasteiger partial charge in [-0.25, -0.2) is 9.97 Å². The SMILES string of the molecule is CCc1nccc(CN(C)Cc2ccccc2CN(C)C)n1. The fourth-order valence-electron chi connectivity index (χ4n) is 2.53. The maximum Gasteiger partial charge on any atom is 0.128 e. The Labute approximate surface area is 133 Å². The molecule has 118 valence electrons. The third-order valence-electron chi connectivity index (χ3n) is 3.56. The quantitative estimate of drug-likeness (QED) is 0.787. The van der Waals surface area contributed by atoms with Gasteiger partial charge in [0.1, 0.15) is 5.82 Å². The zero-order chi connectivity index (χ0) is 15.9. The van der Waals surface area contributed by atoms with Crippen LogP contribution in [0.4, 0.5) is 0 Å². The van der Waals surface area contributed by atoms with Crippen molar-refractivity contribution in [3.8, 4) is 0 Å². The molecule has 0 aliphatic rings. The Kier molecular flexibility index (Phi) is 6.04. The van der Waals surface area contributed by atoms with Gasteiger partial charge in [0.05, 0.1) is 5.69 Å². The van der Waals surface area contributed by atoms with Crippen molar-refractivity contribution < 1.29 is 0 Å². The lowest BCUT2D eigenvalue weighted by Gasteiger charge is -2.20. The highest BCUT2D eigenvalue weighted by atomic mass is 15.1. The standard InChI is InChI=1S/C18H26N4/c1-5-18-19-11-10-17(20-18)14-22(4)13-16-9-7-6-8-15(16)12-21(2)3/h6-11H,5,12-14H2,1-4H3. The van der Waals surface area contributed by atoms with Gasteiger partial charge in [-0.1, -0.05) is 31.2 Å². The maximum absolute atomic E-state index is 4.58. The Morgan fingerprint density at radius 1 is 0.909 bits per heavy atom. The highest BCUT2D eigenvalue weighted by Crippen LogP contribution is 2.14. The number of nitrogens with zero attached hydrogens (tertiary/aromatic N) is 4. The van der Waals surface area contributed by atoms with Crippen LogP contribution in [0.3, 0.4) is 0 Å². The second-order valence-electron chi connectivity index (χ2n) is 6.00. The van der Waals surface area contributed by atoms with Gasteiger partial charge in [0, 0.05) is 32.3 Å². The molecular formula is C18H26N4. The molecule has 0 bridgehead atoms. The monoisotopic (exact) mass is 298 g/mol. The Hall–Kier alpha value is -1.78. The first-order chi connectivity index (χ1) is 10.6. The molecule has 2 aromatic rings. The van der Waals surface area contributed by atoms with E-state index in [1.54, 1.807) is 0 Å². The van der Waals surface area contributed by atoms with Crippen LogP contribution in [-0.2, 0) is 26.1 Å². The van der Waals surface area contributed by atoms with Crippen LogP contribution in [0, 0.1) is 0 Å². The van der Waals surface area contributed by atoms with Gasteiger partial charge in [0.25, 0.3) is 0 Å². The molecule has 4 nitrogen and oxygen atoms in total. The minimum Gasteiger partial charge on any atom is -0.305 e. The lowest BCUT2D eigenvalue weighted by molar-refractivity contribution is 0.310. The first-order valence-corrected chi connectivity index (χ1v) is 7.79. The van der Waals surface area contributed by atoms with Crippen molar-refractivity contribution in [1.29, 1.82) is 0 Å². The molecule has 0 N–H and O–H groups in total. The fourth-order valence-corrected chi connectivity index (χ4v) is 2.53. The summed E-state index contributed by atoms with van der Waals surface area (Å²) in [6.45, 7) is 4.82. The van der Waals surface area contributed by atoms with E-state index in [-0.39, 0.29) is 0 Å². The Bertz CT molecular complexity index is 595. The topological polar surface area (TPSA) is 32.3 Å². The first-order valence-electron chi connectivity index (χ1n) is 7.79. The van der Waals surface area contributed by atoms with Gasteiger partial charge < -0.3 is 4.90 Å². The molecule has 1 aromatic heterocycles. The third kappa shape index (κ3) is 4.90. The van der Waals surface area contributed by atoms with Crippen LogP contribution in [0.25, 0.3) is 0 Å². The van der Waals surface area contributed by atoms with Gasteiger partial charge in [-0.2, -0.15) is 0 Å². The van der Waals surface area contributed by atoms with Gasteiger partial charge in [-0.05, 0) is 38.3 Å². The zero-order valence-electron chi connectivity index (χ0n) is 14.1. The molecule has 0 aliphatic carbocycles. The van der Waals surface area contributed by atoms with Crippen molar-refractivity contribution in [3.05, 3.63) is 59.2 Å². The third-order valence-corrected chi connectivity index (χ3v) is 3.56. The van der Waals surface area contributed by atoms with Crippen LogP contribution in [-0.4, -0.2) is 40.9 Å². The van der Waals surface area contributed by atoms with Crippen molar-refractivity contribution in [3.63, 3.8) is 0 Å². The van der Waals surface area contributed by atoms with Gasteiger partial charge in [-0.3, -0.25) is 4.90 Å². The van der Waals surface area contributed by atoms with Gasteiger partial charge in [0.15, 0.2) is 0 Å². The van der Waals surface area contributed by atoms with Crippen LogP contribution in [0.1, 0.15) is 29.6 Å². The second-order valence-corrected chi connectivity index (χ2v) is 6.00. The van der Waals surface area contributed by atoms with E-state index in [2.05, 4.69) is 72.1 Å². The predicted molar refractivity (Wildman–Crippen MR) is 90.4 cm³/mol. The number of aromatic nitrogens is 2. The van der Waals surface area contributed by atoms with Crippen molar-refractivity contribution in [2.75, 3.05) is 21.1 Å². The van der Waals surface area contributed by atoms with E-state index in [9.17, 15) is 0 Å². The van der Waals surface area contributed by atoms with Gasteiger partial charge >= 0.3 is 0 Å². The molecule has 0 saturated heterocycles. The molecule has 0 atom stereocenters. The van der Waals surface area contributed by atoms with Crippen molar-refractivity contribution in [2.24, 2.45) is 0 Å². The largest absolute Gasteiger partial charge is 0.305 e. The molecule has 1 aromatic carbocycles. The Morgan fingerprint density at radius 2 is 1.59 bits per heavy atom. The van der Waals surface area contributed by atoms with E-state index in [4.69, 9.17) is 0 Å². The van der Waals surface area contributed by atoms with Crippen molar-refractivity contribution in [2.45, 2.75) is 33.0 Å². The molecular weight excluding hydrogens is 272 g/mol. The molecule has 0 saturated carbocycles. The van der Waals surface area contributed by atoms with Crippen LogP contribution in [0.2, 0.25) is 0 Å². The van der Waals surface area contributed by atoms with Crippen LogP contribution >= 0.6 is 0 Å². The van der Waals surface area contributed by atoms with Crippen LogP contribution in [0.5, 0.6) is 0 Å². The van der Waals surface area contributed by atoms with E-state index in [0.29, 0.717) is 0 Å². The second kappa shape index (κ2) is 8.01. The Balaban J connectivity index is 2.04. The summed E-state index contributed by atoms with van der Waals surface area (Å²) < 4.78 is 0. The van der Waals surface area contributed by atoms with E-state index < -0.39 is 0 Å². The van der Waals surface area contributed by atoms with Crippen molar-refractivity contribution in [1.82, 2.24) is 19.8 Å². The fraction of sp³-hybridized carbons (Fsp3) is 0.444. The lowest BCUT2D eigenvalue weighted by Crippen LogP contribution is -2.20. The summed E-state index contributed by atoms with van der Waals surface area (Å²) in [4.78, 5) is 13.4. The molecule has 22 heavy (non-hydrogen) atoms.